The van der Waals surface area contributed by atoms with Gasteiger partial charge in [-0.3, -0.25) is 0 Å². The summed E-state index contributed by atoms with van der Waals surface area (Å²) >= 11 is 0. The molecule has 5 nitrogen and oxygen atoms in total. The van der Waals surface area contributed by atoms with Gasteiger partial charge in [-0.2, -0.15) is 4.98 Å². The molecule has 1 fully saturated rings. The van der Waals surface area contributed by atoms with Crippen molar-refractivity contribution in [2.45, 2.75) is 52.0 Å². The average Bonchev–Trinajstić information content (AvgIpc) is 2.88. The predicted octanol–water partition coefficient (Wildman–Crippen LogP) is 1.99. The Morgan fingerprint density at radius 2 is 2.06 bits per heavy atom. The van der Waals surface area contributed by atoms with E-state index in [2.05, 4.69) is 34.2 Å². The molecule has 0 saturated carbocycles. The second kappa shape index (κ2) is 6.73. The van der Waals surface area contributed by atoms with E-state index in [0.29, 0.717) is 6.04 Å². The smallest absolute Gasteiger partial charge is 0.266 e. The highest BCUT2D eigenvalue weighted by Crippen LogP contribution is 2.16. The van der Waals surface area contributed by atoms with Crippen molar-refractivity contribution < 1.29 is 4.52 Å². The first kappa shape index (κ1) is 13.3. The summed E-state index contributed by atoms with van der Waals surface area (Å²) in [4.78, 5) is 6.74. The molecular formula is C13H24N4O. The fourth-order valence-corrected chi connectivity index (χ4v) is 2.41. The van der Waals surface area contributed by atoms with Gasteiger partial charge in [0.05, 0.1) is 0 Å². The lowest BCUT2D eigenvalue weighted by Crippen LogP contribution is -2.31. The van der Waals surface area contributed by atoms with Crippen molar-refractivity contribution in [3.63, 3.8) is 0 Å². The Labute approximate surface area is 109 Å². The minimum absolute atomic E-state index is 0.435. The molecule has 0 aliphatic carbocycles. The van der Waals surface area contributed by atoms with Gasteiger partial charge in [0.2, 0.25) is 5.89 Å². The molecule has 1 aromatic heterocycles. The molecule has 1 aliphatic rings. The summed E-state index contributed by atoms with van der Waals surface area (Å²) < 4.78 is 5.35. The van der Waals surface area contributed by atoms with Crippen LogP contribution in [0.2, 0.25) is 0 Å². The molecule has 1 saturated heterocycles. The third-order valence-electron chi connectivity index (χ3n) is 3.50. The number of likely N-dealkylation sites (N-methyl/N-ethyl adjacent to an activating group) is 1. The van der Waals surface area contributed by atoms with Crippen LogP contribution in [0.25, 0.3) is 0 Å². The Hall–Kier alpha value is -1.10. The summed E-state index contributed by atoms with van der Waals surface area (Å²) in [6.45, 7) is 7.39. The molecule has 1 aromatic rings. The first-order chi connectivity index (χ1) is 8.83. The number of piperidine rings is 1. The summed E-state index contributed by atoms with van der Waals surface area (Å²) in [5, 5.41) is 7.53. The Bertz CT molecular complexity index is 347. The molecule has 0 aromatic carbocycles. The van der Waals surface area contributed by atoms with Gasteiger partial charge < -0.3 is 14.7 Å². The molecule has 1 atom stereocenters. The zero-order valence-electron chi connectivity index (χ0n) is 11.5. The highest BCUT2D eigenvalue weighted by molar-refractivity contribution is 5.28. The van der Waals surface area contributed by atoms with Gasteiger partial charge in [-0.25, -0.2) is 0 Å². The normalized spacial score (nSPS) is 18.0. The largest absolute Gasteiger partial charge is 0.338 e. The lowest BCUT2D eigenvalue weighted by molar-refractivity contribution is 0.354. The molecule has 0 amide bonds. The second-order valence-corrected chi connectivity index (χ2v) is 4.90. The topological polar surface area (TPSA) is 54.2 Å². The zero-order valence-corrected chi connectivity index (χ0v) is 11.5. The van der Waals surface area contributed by atoms with Crippen molar-refractivity contribution >= 4 is 5.95 Å². The summed E-state index contributed by atoms with van der Waals surface area (Å²) in [6.07, 6.45) is 5.69. The van der Waals surface area contributed by atoms with E-state index < -0.39 is 0 Å². The number of nitrogens with one attached hydrogen (secondary N) is 1. The fraction of sp³-hybridized carbons (Fsp3) is 0.846. The number of hydrogen-bond acceptors (Lipinski definition) is 5. The summed E-state index contributed by atoms with van der Waals surface area (Å²) in [7, 11) is 0. The quantitative estimate of drug-likeness (QED) is 0.839. The van der Waals surface area contributed by atoms with E-state index in [1.807, 2.05) is 0 Å². The van der Waals surface area contributed by atoms with E-state index in [9.17, 15) is 0 Å². The summed E-state index contributed by atoms with van der Waals surface area (Å²) in [6, 6.07) is 0.435. The van der Waals surface area contributed by atoms with Gasteiger partial charge in [-0.15, -0.1) is 0 Å². The maximum Gasteiger partial charge on any atom is 0.266 e. The molecular weight excluding hydrogens is 228 g/mol. The van der Waals surface area contributed by atoms with Gasteiger partial charge >= 0.3 is 0 Å². The zero-order chi connectivity index (χ0) is 12.8. The van der Waals surface area contributed by atoms with Crippen LogP contribution >= 0.6 is 0 Å². The van der Waals surface area contributed by atoms with Crippen molar-refractivity contribution in [2.75, 3.05) is 24.5 Å². The summed E-state index contributed by atoms with van der Waals surface area (Å²) in [5.41, 5.74) is 0. The van der Waals surface area contributed by atoms with E-state index in [-0.39, 0.29) is 0 Å². The van der Waals surface area contributed by atoms with Crippen LogP contribution in [0.4, 0.5) is 5.95 Å². The monoisotopic (exact) mass is 252 g/mol. The van der Waals surface area contributed by atoms with Crippen LogP contribution in [0.5, 0.6) is 0 Å². The van der Waals surface area contributed by atoms with Gasteiger partial charge in [-0.05, 0) is 37.4 Å². The fourth-order valence-electron chi connectivity index (χ4n) is 2.41. The third-order valence-corrected chi connectivity index (χ3v) is 3.50. The minimum atomic E-state index is 0.435. The first-order valence-corrected chi connectivity index (χ1v) is 7.14. The molecule has 1 N–H and O–H groups in total. The van der Waals surface area contributed by atoms with Crippen molar-refractivity contribution in [3.05, 3.63) is 5.89 Å². The van der Waals surface area contributed by atoms with Crippen LogP contribution in [-0.2, 0) is 6.42 Å². The maximum absolute atomic E-state index is 5.35. The maximum atomic E-state index is 5.35. The number of hydrogen-bond donors (Lipinski definition) is 1. The molecule has 5 heteroatoms. The van der Waals surface area contributed by atoms with E-state index >= 15 is 0 Å². The van der Waals surface area contributed by atoms with E-state index in [4.69, 9.17) is 4.52 Å². The second-order valence-electron chi connectivity index (χ2n) is 4.90. The Balaban J connectivity index is 1.92. The van der Waals surface area contributed by atoms with Gasteiger partial charge in [0.1, 0.15) is 0 Å². The van der Waals surface area contributed by atoms with Crippen molar-refractivity contribution in [1.82, 2.24) is 15.5 Å². The van der Waals surface area contributed by atoms with E-state index in [1.54, 1.807) is 0 Å². The number of anilines is 1. The van der Waals surface area contributed by atoms with Crippen molar-refractivity contribution in [3.8, 4) is 0 Å². The van der Waals surface area contributed by atoms with Crippen LogP contribution in [0.1, 0.15) is 45.4 Å². The van der Waals surface area contributed by atoms with E-state index in [0.717, 1.165) is 44.3 Å². The number of rotatable bonds is 6. The van der Waals surface area contributed by atoms with Crippen LogP contribution in [0.15, 0.2) is 4.52 Å². The third kappa shape index (κ3) is 3.45. The lowest BCUT2D eigenvalue weighted by atomic mass is 10.1. The average molecular weight is 252 g/mol. The van der Waals surface area contributed by atoms with Gasteiger partial charge in [0, 0.05) is 25.6 Å². The molecule has 0 radical (unpaired) electrons. The molecule has 102 valence electrons. The predicted molar refractivity (Wildman–Crippen MR) is 71.8 cm³/mol. The van der Waals surface area contributed by atoms with Crippen LogP contribution in [-0.4, -0.2) is 35.8 Å². The molecule has 0 bridgehead atoms. The Morgan fingerprint density at radius 3 is 2.72 bits per heavy atom. The minimum Gasteiger partial charge on any atom is -0.338 e. The number of nitrogens with zero attached hydrogens (tertiary/aromatic N) is 3. The highest BCUT2D eigenvalue weighted by atomic mass is 16.5. The molecule has 1 aliphatic heterocycles. The molecule has 2 heterocycles. The Kier molecular flexibility index (Phi) is 4.99. The molecule has 2 rings (SSSR count). The standard InChI is InChI=1S/C13H24N4O/c1-3-11(14-4-2)10-12-15-13(16-18-12)17-8-6-5-7-9-17/h11,14H,3-10H2,1-2H3. The van der Waals surface area contributed by atoms with Crippen LogP contribution in [0.3, 0.4) is 0 Å². The molecule has 18 heavy (non-hydrogen) atoms. The number of aromatic nitrogens is 2. The molecule has 1 unspecified atom stereocenters. The molecule has 0 spiro atoms. The van der Waals surface area contributed by atoms with Gasteiger partial charge in [0.25, 0.3) is 5.95 Å². The lowest BCUT2D eigenvalue weighted by Gasteiger charge is -2.24. The van der Waals surface area contributed by atoms with Crippen molar-refractivity contribution in [2.24, 2.45) is 0 Å². The first-order valence-electron chi connectivity index (χ1n) is 7.14. The van der Waals surface area contributed by atoms with Gasteiger partial charge in [-0.1, -0.05) is 13.8 Å². The SMILES string of the molecule is CCNC(CC)Cc1nc(N2CCCCC2)no1. The van der Waals surface area contributed by atoms with E-state index in [1.165, 1.54) is 19.3 Å². The van der Waals surface area contributed by atoms with Crippen LogP contribution < -0.4 is 10.2 Å². The van der Waals surface area contributed by atoms with Crippen molar-refractivity contribution in [1.29, 1.82) is 0 Å². The van der Waals surface area contributed by atoms with Crippen LogP contribution in [0, 0.1) is 0 Å². The summed E-state index contributed by atoms with van der Waals surface area (Å²) in [5.74, 6) is 1.53. The van der Waals surface area contributed by atoms with Gasteiger partial charge in [0.15, 0.2) is 0 Å². The Morgan fingerprint density at radius 1 is 1.28 bits per heavy atom. The highest BCUT2D eigenvalue weighted by Gasteiger charge is 2.18.